The van der Waals surface area contributed by atoms with Gasteiger partial charge < -0.3 is 10.2 Å². The lowest BCUT2D eigenvalue weighted by molar-refractivity contribution is -0.125. The molecule has 0 atom stereocenters. The van der Waals surface area contributed by atoms with Gasteiger partial charge in [0.1, 0.15) is 16.5 Å². The molecule has 2 aromatic rings. The third-order valence-electron chi connectivity index (χ3n) is 4.90. The SMILES string of the molecule is CN(Cc1ccc(C2=NCCN2)cc1)C(=O)/C=C/CN(C)S(=O)(=O)c1ccc(F)cc1Cl. The van der Waals surface area contributed by atoms with Gasteiger partial charge in [-0.3, -0.25) is 9.79 Å². The van der Waals surface area contributed by atoms with Crippen LogP contribution in [0.15, 0.2) is 64.5 Å². The first-order valence-corrected chi connectivity index (χ1v) is 11.7. The van der Waals surface area contributed by atoms with Gasteiger partial charge in [-0.05, 0) is 23.8 Å². The molecule has 10 heteroatoms. The molecule has 3 rings (SSSR count). The van der Waals surface area contributed by atoms with E-state index in [1.807, 2.05) is 24.3 Å². The van der Waals surface area contributed by atoms with Crippen LogP contribution in [0.25, 0.3) is 0 Å². The minimum absolute atomic E-state index is 0.0422. The van der Waals surface area contributed by atoms with Gasteiger partial charge in [-0.25, -0.2) is 12.8 Å². The van der Waals surface area contributed by atoms with E-state index in [0.29, 0.717) is 6.54 Å². The zero-order chi connectivity index (χ0) is 23.3. The number of sulfonamides is 1. The highest BCUT2D eigenvalue weighted by Crippen LogP contribution is 2.24. The van der Waals surface area contributed by atoms with E-state index in [1.165, 1.54) is 24.1 Å². The summed E-state index contributed by atoms with van der Waals surface area (Å²) < 4.78 is 39.5. The van der Waals surface area contributed by atoms with Gasteiger partial charge in [0.05, 0.1) is 11.6 Å². The lowest BCUT2D eigenvalue weighted by atomic mass is 10.1. The average Bonchev–Trinajstić information content (AvgIpc) is 3.28. The third kappa shape index (κ3) is 5.73. The summed E-state index contributed by atoms with van der Waals surface area (Å²) in [6.45, 7) is 1.98. The molecule has 0 spiro atoms. The topological polar surface area (TPSA) is 82.1 Å². The minimum atomic E-state index is -3.92. The molecule has 1 heterocycles. The smallest absolute Gasteiger partial charge is 0.246 e. The maximum absolute atomic E-state index is 13.2. The Balaban J connectivity index is 1.56. The van der Waals surface area contributed by atoms with Crippen molar-refractivity contribution in [2.75, 3.05) is 33.7 Å². The Labute approximate surface area is 192 Å². The number of nitrogens with zero attached hydrogens (tertiary/aromatic N) is 3. The van der Waals surface area contributed by atoms with Crippen LogP contribution in [-0.2, 0) is 21.4 Å². The number of rotatable bonds is 8. The summed E-state index contributed by atoms with van der Waals surface area (Å²) in [6.07, 6.45) is 2.78. The molecule has 0 unspecified atom stereocenters. The van der Waals surface area contributed by atoms with Gasteiger partial charge in [-0.1, -0.05) is 41.9 Å². The Morgan fingerprint density at radius 3 is 2.56 bits per heavy atom. The summed E-state index contributed by atoms with van der Waals surface area (Å²) >= 11 is 5.87. The molecule has 1 aliphatic heterocycles. The molecule has 1 aliphatic rings. The number of amidine groups is 1. The van der Waals surface area contributed by atoms with E-state index >= 15 is 0 Å². The fourth-order valence-corrected chi connectivity index (χ4v) is 4.71. The van der Waals surface area contributed by atoms with Gasteiger partial charge in [0.2, 0.25) is 15.9 Å². The van der Waals surface area contributed by atoms with E-state index in [9.17, 15) is 17.6 Å². The van der Waals surface area contributed by atoms with E-state index in [-0.39, 0.29) is 22.4 Å². The standard InChI is InChI=1S/C22H24ClFN4O3S/c1-27(15-16-5-7-17(8-6-16)22-25-11-12-26-22)21(29)4-3-13-28(2)32(30,31)20-10-9-18(24)14-19(20)23/h3-10,14H,11-13,15H2,1-2H3,(H,25,26)/b4-3+. The first-order chi connectivity index (χ1) is 15.2. The number of hydrogen-bond acceptors (Lipinski definition) is 5. The molecule has 0 saturated carbocycles. The minimum Gasteiger partial charge on any atom is -0.368 e. The van der Waals surface area contributed by atoms with E-state index in [0.717, 1.165) is 52.6 Å². The maximum Gasteiger partial charge on any atom is 0.246 e. The van der Waals surface area contributed by atoms with Crippen molar-refractivity contribution in [1.29, 1.82) is 0 Å². The maximum atomic E-state index is 13.2. The molecule has 0 radical (unpaired) electrons. The highest BCUT2D eigenvalue weighted by molar-refractivity contribution is 7.89. The third-order valence-corrected chi connectivity index (χ3v) is 7.21. The predicted molar refractivity (Wildman–Crippen MR) is 123 cm³/mol. The molecule has 2 aromatic carbocycles. The van der Waals surface area contributed by atoms with Crippen molar-refractivity contribution in [1.82, 2.24) is 14.5 Å². The van der Waals surface area contributed by atoms with Gasteiger partial charge in [-0.2, -0.15) is 4.31 Å². The van der Waals surface area contributed by atoms with Crippen molar-refractivity contribution in [3.05, 3.63) is 76.6 Å². The first kappa shape index (κ1) is 23.9. The van der Waals surface area contributed by atoms with Gasteiger partial charge >= 0.3 is 0 Å². The summed E-state index contributed by atoms with van der Waals surface area (Å²) in [5.74, 6) is -0.00448. The molecular weight excluding hydrogens is 455 g/mol. The summed E-state index contributed by atoms with van der Waals surface area (Å²) in [6, 6.07) is 10.9. The van der Waals surface area contributed by atoms with Crippen LogP contribution in [-0.4, -0.2) is 63.1 Å². The second-order valence-corrected chi connectivity index (χ2v) is 9.73. The van der Waals surface area contributed by atoms with Gasteiger partial charge in [-0.15, -0.1) is 0 Å². The molecule has 0 saturated heterocycles. The number of amides is 1. The molecule has 0 fully saturated rings. The average molecular weight is 479 g/mol. The highest BCUT2D eigenvalue weighted by atomic mass is 35.5. The number of halogens is 2. The summed E-state index contributed by atoms with van der Waals surface area (Å²) in [5.41, 5.74) is 1.97. The van der Waals surface area contributed by atoms with E-state index in [4.69, 9.17) is 11.6 Å². The highest BCUT2D eigenvalue weighted by Gasteiger charge is 2.23. The van der Waals surface area contributed by atoms with E-state index < -0.39 is 15.8 Å². The number of carbonyl (C=O) groups is 1. The molecule has 32 heavy (non-hydrogen) atoms. The molecular formula is C22H24ClFN4O3S. The zero-order valence-corrected chi connectivity index (χ0v) is 19.3. The number of nitrogens with one attached hydrogen (secondary N) is 1. The summed E-state index contributed by atoms with van der Waals surface area (Å²) in [7, 11) is -0.892. The van der Waals surface area contributed by atoms with Crippen molar-refractivity contribution < 1.29 is 17.6 Å². The van der Waals surface area contributed by atoms with Crippen LogP contribution in [0.3, 0.4) is 0 Å². The van der Waals surface area contributed by atoms with Crippen LogP contribution >= 0.6 is 11.6 Å². The quantitative estimate of drug-likeness (QED) is 0.591. The second-order valence-electron chi connectivity index (χ2n) is 7.31. The Morgan fingerprint density at radius 2 is 1.94 bits per heavy atom. The normalized spacial score (nSPS) is 14.0. The molecule has 0 aliphatic carbocycles. The summed E-state index contributed by atoms with van der Waals surface area (Å²) in [5, 5.41) is 3.02. The Morgan fingerprint density at radius 1 is 1.22 bits per heavy atom. The monoisotopic (exact) mass is 478 g/mol. The fraction of sp³-hybridized carbons (Fsp3) is 0.273. The largest absolute Gasteiger partial charge is 0.368 e. The Kier molecular flexibility index (Phi) is 7.65. The van der Waals surface area contributed by atoms with Crippen molar-refractivity contribution in [2.24, 2.45) is 4.99 Å². The van der Waals surface area contributed by atoms with Crippen LogP contribution in [0.5, 0.6) is 0 Å². The van der Waals surface area contributed by atoms with Crippen molar-refractivity contribution in [2.45, 2.75) is 11.4 Å². The molecule has 1 N–H and O–H groups in total. The lowest BCUT2D eigenvalue weighted by Gasteiger charge is -2.17. The molecule has 0 aromatic heterocycles. The number of carbonyl (C=O) groups excluding carboxylic acids is 1. The zero-order valence-electron chi connectivity index (χ0n) is 17.8. The predicted octanol–water partition coefficient (Wildman–Crippen LogP) is 2.66. The van der Waals surface area contributed by atoms with Crippen molar-refractivity contribution in [3.8, 4) is 0 Å². The Hall–Kier alpha value is -2.75. The van der Waals surface area contributed by atoms with Crippen LogP contribution in [0.2, 0.25) is 5.02 Å². The van der Waals surface area contributed by atoms with Crippen molar-refractivity contribution in [3.63, 3.8) is 0 Å². The van der Waals surface area contributed by atoms with Crippen LogP contribution in [0, 0.1) is 5.82 Å². The molecule has 170 valence electrons. The summed E-state index contributed by atoms with van der Waals surface area (Å²) in [4.78, 5) is 18.1. The van der Waals surface area contributed by atoms with Crippen LogP contribution < -0.4 is 5.32 Å². The molecule has 1 amide bonds. The fourth-order valence-electron chi connectivity index (χ4n) is 3.09. The van der Waals surface area contributed by atoms with Gasteiger partial charge in [0.15, 0.2) is 0 Å². The van der Waals surface area contributed by atoms with Crippen molar-refractivity contribution >= 4 is 33.4 Å². The number of benzene rings is 2. The van der Waals surface area contributed by atoms with Crippen LogP contribution in [0.4, 0.5) is 4.39 Å². The second kappa shape index (κ2) is 10.2. The number of hydrogen-bond donors (Lipinski definition) is 1. The molecule has 7 nitrogen and oxygen atoms in total. The number of likely N-dealkylation sites (N-methyl/N-ethyl adjacent to an activating group) is 2. The Bertz CT molecular complexity index is 1150. The van der Waals surface area contributed by atoms with E-state index in [1.54, 1.807) is 7.05 Å². The first-order valence-electron chi connectivity index (χ1n) is 9.89. The molecule has 0 bridgehead atoms. The van der Waals surface area contributed by atoms with Gasteiger partial charge in [0, 0.05) is 45.4 Å². The van der Waals surface area contributed by atoms with E-state index in [2.05, 4.69) is 10.3 Å². The van der Waals surface area contributed by atoms with Gasteiger partial charge in [0.25, 0.3) is 0 Å². The lowest BCUT2D eigenvalue weighted by Crippen LogP contribution is -2.28. The number of aliphatic imine (C=N–C) groups is 1. The van der Waals surface area contributed by atoms with Crippen LogP contribution in [0.1, 0.15) is 11.1 Å².